The topological polar surface area (TPSA) is 123 Å². The standard InChI is InChI=1S/C9H15N5O3/c1-2-6(9(16)17)11-8(15)7-5-14(4-3-10)13-12-7/h5-6H,2-4,10H2,1H3,(H,11,15)(H,16,17)/t6-/m0/s1. The molecule has 8 nitrogen and oxygen atoms in total. The summed E-state index contributed by atoms with van der Waals surface area (Å²) in [6.07, 6.45) is 1.73. The molecule has 0 fully saturated rings. The molecule has 0 aromatic carbocycles. The first-order valence-electron chi connectivity index (χ1n) is 5.22. The van der Waals surface area contributed by atoms with Gasteiger partial charge in [0.2, 0.25) is 0 Å². The minimum absolute atomic E-state index is 0.0816. The third-order valence-corrected chi connectivity index (χ3v) is 2.14. The molecular formula is C9H15N5O3. The number of carbonyl (C=O) groups is 2. The summed E-state index contributed by atoms with van der Waals surface area (Å²) in [6, 6.07) is -0.915. The Hall–Kier alpha value is -1.96. The molecule has 0 unspecified atom stereocenters. The number of carboxylic acid groups (broad SMARTS) is 1. The molecular weight excluding hydrogens is 226 g/mol. The fraction of sp³-hybridized carbons (Fsp3) is 0.556. The lowest BCUT2D eigenvalue weighted by atomic mass is 10.2. The van der Waals surface area contributed by atoms with Crippen molar-refractivity contribution in [3.8, 4) is 0 Å². The van der Waals surface area contributed by atoms with E-state index in [-0.39, 0.29) is 5.69 Å². The largest absolute Gasteiger partial charge is 0.480 e. The van der Waals surface area contributed by atoms with Gasteiger partial charge in [0, 0.05) is 6.54 Å². The van der Waals surface area contributed by atoms with Gasteiger partial charge in [-0.25, -0.2) is 4.79 Å². The molecule has 0 aliphatic heterocycles. The Labute approximate surface area is 97.8 Å². The first-order chi connectivity index (χ1) is 8.08. The smallest absolute Gasteiger partial charge is 0.326 e. The number of hydrogen-bond acceptors (Lipinski definition) is 5. The number of aromatic nitrogens is 3. The second-order valence-electron chi connectivity index (χ2n) is 3.43. The zero-order chi connectivity index (χ0) is 12.8. The van der Waals surface area contributed by atoms with Crippen LogP contribution in [0.2, 0.25) is 0 Å². The van der Waals surface area contributed by atoms with Crippen LogP contribution in [0.15, 0.2) is 6.20 Å². The highest BCUT2D eigenvalue weighted by Crippen LogP contribution is 1.97. The fourth-order valence-corrected chi connectivity index (χ4v) is 1.21. The zero-order valence-electron chi connectivity index (χ0n) is 9.46. The molecule has 1 amide bonds. The molecule has 0 radical (unpaired) electrons. The summed E-state index contributed by atoms with van der Waals surface area (Å²) < 4.78 is 1.43. The van der Waals surface area contributed by atoms with Gasteiger partial charge >= 0.3 is 5.97 Å². The second-order valence-corrected chi connectivity index (χ2v) is 3.43. The number of nitrogens with two attached hydrogens (primary N) is 1. The number of carbonyl (C=O) groups excluding carboxylic acids is 1. The Morgan fingerprint density at radius 1 is 1.65 bits per heavy atom. The van der Waals surface area contributed by atoms with Gasteiger partial charge in [0.15, 0.2) is 5.69 Å². The molecule has 0 aliphatic carbocycles. The number of nitrogens with one attached hydrogen (secondary N) is 1. The van der Waals surface area contributed by atoms with E-state index in [0.29, 0.717) is 19.5 Å². The third kappa shape index (κ3) is 3.52. The third-order valence-electron chi connectivity index (χ3n) is 2.14. The highest BCUT2D eigenvalue weighted by Gasteiger charge is 2.20. The Morgan fingerprint density at radius 3 is 2.88 bits per heavy atom. The average molecular weight is 241 g/mol. The van der Waals surface area contributed by atoms with Gasteiger partial charge in [-0.2, -0.15) is 0 Å². The predicted octanol–water partition coefficient (Wildman–Crippen LogP) is -1.17. The minimum Gasteiger partial charge on any atom is -0.480 e. The molecule has 4 N–H and O–H groups in total. The van der Waals surface area contributed by atoms with E-state index >= 15 is 0 Å². The van der Waals surface area contributed by atoms with Gasteiger partial charge in [-0.3, -0.25) is 9.48 Å². The molecule has 17 heavy (non-hydrogen) atoms. The van der Waals surface area contributed by atoms with Crippen LogP contribution < -0.4 is 11.1 Å². The van der Waals surface area contributed by atoms with Crippen molar-refractivity contribution in [2.75, 3.05) is 6.54 Å². The van der Waals surface area contributed by atoms with Gasteiger partial charge in [0.05, 0.1) is 12.7 Å². The average Bonchev–Trinajstić information content (AvgIpc) is 2.74. The number of carboxylic acids is 1. The maximum Gasteiger partial charge on any atom is 0.326 e. The van der Waals surface area contributed by atoms with Crippen molar-refractivity contribution in [1.29, 1.82) is 0 Å². The molecule has 1 aromatic heterocycles. The summed E-state index contributed by atoms with van der Waals surface area (Å²) in [6.45, 7) is 2.51. The Bertz CT molecular complexity index is 403. The van der Waals surface area contributed by atoms with Crippen molar-refractivity contribution < 1.29 is 14.7 Å². The van der Waals surface area contributed by atoms with Crippen LogP contribution in [0.1, 0.15) is 23.8 Å². The first kappa shape index (κ1) is 13.1. The van der Waals surface area contributed by atoms with E-state index in [1.54, 1.807) is 6.92 Å². The van der Waals surface area contributed by atoms with Gasteiger partial charge in [-0.15, -0.1) is 5.10 Å². The van der Waals surface area contributed by atoms with Gasteiger partial charge < -0.3 is 16.2 Å². The summed E-state index contributed by atoms with van der Waals surface area (Å²) in [5.74, 6) is -1.63. The van der Waals surface area contributed by atoms with Gasteiger partial charge in [-0.05, 0) is 6.42 Å². The summed E-state index contributed by atoms with van der Waals surface area (Å²) in [4.78, 5) is 22.3. The predicted molar refractivity (Wildman–Crippen MR) is 58.3 cm³/mol. The Morgan fingerprint density at radius 2 is 2.35 bits per heavy atom. The SMILES string of the molecule is CC[C@H](NC(=O)c1cn(CCN)nn1)C(=O)O. The molecule has 0 saturated heterocycles. The number of nitrogens with zero attached hydrogens (tertiary/aromatic N) is 3. The number of aliphatic carboxylic acids is 1. The van der Waals surface area contributed by atoms with Crippen molar-refractivity contribution in [3.05, 3.63) is 11.9 Å². The highest BCUT2D eigenvalue weighted by atomic mass is 16.4. The van der Waals surface area contributed by atoms with Gasteiger partial charge in [-0.1, -0.05) is 12.1 Å². The number of amides is 1. The lowest BCUT2D eigenvalue weighted by Crippen LogP contribution is -2.40. The Kier molecular flexibility index (Phi) is 4.58. The molecule has 1 atom stereocenters. The molecule has 0 aliphatic rings. The second kappa shape index (κ2) is 5.94. The zero-order valence-corrected chi connectivity index (χ0v) is 9.46. The van der Waals surface area contributed by atoms with Crippen LogP contribution in [0, 0.1) is 0 Å². The van der Waals surface area contributed by atoms with Crippen molar-refractivity contribution >= 4 is 11.9 Å². The highest BCUT2D eigenvalue weighted by molar-refractivity contribution is 5.94. The summed E-state index contributed by atoms with van der Waals surface area (Å²) >= 11 is 0. The van der Waals surface area contributed by atoms with Crippen LogP contribution in [0.25, 0.3) is 0 Å². The molecule has 1 rings (SSSR count). The normalized spacial score (nSPS) is 12.1. The minimum atomic E-state index is -1.07. The lowest BCUT2D eigenvalue weighted by Gasteiger charge is -2.10. The van der Waals surface area contributed by atoms with E-state index < -0.39 is 17.9 Å². The molecule has 0 spiro atoms. The van der Waals surface area contributed by atoms with E-state index in [9.17, 15) is 9.59 Å². The monoisotopic (exact) mass is 241 g/mol. The van der Waals surface area contributed by atoms with Crippen molar-refractivity contribution in [1.82, 2.24) is 20.3 Å². The van der Waals surface area contributed by atoms with Crippen molar-refractivity contribution in [3.63, 3.8) is 0 Å². The number of hydrogen-bond donors (Lipinski definition) is 3. The van der Waals surface area contributed by atoms with Gasteiger partial charge in [0.25, 0.3) is 5.91 Å². The van der Waals surface area contributed by atoms with Crippen LogP contribution in [-0.4, -0.2) is 44.6 Å². The quantitative estimate of drug-likeness (QED) is 0.576. The molecule has 0 saturated carbocycles. The summed E-state index contributed by atoms with van der Waals surface area (Å²) in [5, 5.41) is 18.5. The van der Waals surface area contributed by atoms with E-state index in [1.807, 2.05) is 0 Å². The van der Waals surface area contributed by atoms with E-state index in [2.05, 4.69) is 15.6 Å². The van der Waals surface area contributed by atoms with Crippen molar-refractivity contribution in [2.45, 2.75) is 25.9 Å². The van der Waals surface area contributed by atoms with Crippen LogP contribution >= 0.6 is 0 Å². The molecule has 94 valence electrons. The van der Waals surface area contributed by atoms with E-state index in [4.69, 9.17) is 10.8 Å². The Balaban J connectivity index is 2.65. The van der Waals surface area contributed by atoms with Crippen LogP contribution in [0.4, 0.5) is 0 Å². The summed E-state index contributed by atoms with van der Waals surface area (Å²) in [7, 11) is 0. The summed E-state index contributed by atoms with van der Waals surface area (Å²) in [5.41, 5.74) is 5.40. The molecule has 1 aromatic rings. The first-order valence-corrected chi connectivity index (χ1v) is 5.22. The van der Waals surface area contributed by atoms with Crippen LogP contribution in [0.3, 0.4) is 0 Å². The van der Waals surface area contributed by atoms with Crippen LogP contribution in [-0.2, 0) is 11.3 Å². The van der Waals surface area contributed by atoms with E-state index in [0.717, 1.165) is 0 Å². The fourth-order valence-electron chi connectivity index (χ4n) is 1.21. The lowest BCUT2D eigenvalue weighted by molar-refractivity contribution is -0.139. The van der Waals surface area contributed by atoms with E-state index in [1.165, 1.54) is 10.9 Å². The van der Waals surface area contributed by atoms with Crippen LogP contribution in [0.5, 0.6) is 0 Å². The van der Waals surface area contributed by atoms with Gasteiger partial charge in [0.1, 0.15) is 6.04 Å². The maximum absolute atomic E-state index is 11.6. The van der Waals surface area contributed by atoms with Crippen molar-refractivity contribution in [2.24, 2.45) is 5.73 Å². The number of rotatable bonds is 6. The molecule has 0 bridgehead atoms. The molecule has 1 heterocycles. The maximum atomic E-state index is 11.6. The molecule has 8 heteroatoms.